The summed E-state index contributed by atoms with van der Waals surface area (Å²) in [5, 5.41) is -0.0297. The molecule has 1 aromatic carbocycles. The van der Waals surface area contributed by atoms with Crippen LogP contribution in [-0.4, -0.2) is 47.3 Å². The van der Waals surface area contributed by atoms with Gasteiger partial charge in [-0.3, -0.25) is 14.0 Å². The average molecular weight is 340 g/mol. The molecule has 0 fully saturated rings. The molecule has 1 aromatic heterocycles. The van der Waals surface area contributed by atoms with E-state index < -0.39 is 5.56 Å². The molecule has 0 aliphatic rings. The zero-order chi connectivity index (χ0) is 16.1. The normalized spacial score (nSPS) is 10.9. The van der Waals surface area contributed by atoms with E-state index in [1.165, 1.54) is 0 Å². The summed E-state index contributed by atoms with van der Waals surface area (Å²) in [6.45, 7) is 1.77. The summed E-state index contributed by atoms with van der Waals surface area (Å²) in [5.74, 6) is -0.223. The third-order valence-corrected chi connectivity index (χ3v) is 4.50. The Morgan fingerprint density at radius 1 is 1.23 bits per heavy atom. The van der Waals surface area contributed by atoms with Crippen LogP contribution in [0.15, 0.2) is 35.1 Å². The maximum Gasteiger partial charge on any atom is 0.277 e. The molecule has 0 saturated heterocycles. The smallest absolute Gasteiger partial charge is 0.277 e. The zero-order valence-corrected chi connectivity index (χ0v) is 14.1. The topological polar surface area (TPSA) is 56.4 Å². The van der Waals surface area contributed by atoms with E-state index in [0.717, 1.165) is 23.6 Å². The quantitative estimate of drug-likeness (QED) is 0.878. The van der Waals surface area contributed by atoms with Crippen LogP contribution in [0.5, 0.6) is 0 Å². The van der Waals surface area contributed by atoms with Gasteiger partial charge >= 0.3 is 0 Å². The summed E-state index contributed by atoms with van der Waals surface area (Å²) in [6, 6.07) is 9.75. The number of aromatic amines is 1. The van der Waals surface area contributed by atoms with Gasteiger partial charge in [-0.25, -0.2) is 0 Å². The van der Waals surface area contributed by atoms with Crippen LogP contribution in [-0.2, 0) is 6.54 Å². The van der Waals surface area contributed by atoms with E-state index in [-0.39, 0.29) is 15.8 Å². The van der Waals surface area contributed by atoms with E-state index in [4.69, 9.17) is 11.6 Å². The minimum atomic E-state index is -0.415. The van der Waals surface area contributed by atoms with Gasteiger partial charge < -0.3 is 9.80 Å². The summed E-state index contributed by atoms with van der Waals surface area (Å²) in [5.41, 5.74) is 0.621. The second kappa shape index (κ2) is 7.58. The summed E-state index contributed by atoms with van der Waals surface area (Å²) in [6.07, 6.45) is 0. The van der Waals surface area contributed by atoms with E-state index in [9.17, 15) is 9.59 Å². The standard InChI is InChI=1S/C15H18ClN3O2S/c1-18(2)8-9-19(10-11-6-4-3-5-7-11)15(21)13-12(16)14(20)17-22-13/h3-7H,8-10H2,1-2H3,(H,17,20). The van der Waals surface area contributed by atoms with Crippen LogP contribution in [0.2, 0.25) is 5.02 Å². The minimum Gasteiger partial charge on any atom is -0.332 e. The summed E-state index contributed by atoms with van der Waals surface area (Å²) < 4.78 is 2.50. The van der Waals surface area contributed by atoms with Gasteiger partial charge in [-0.15, -0.1) is 0 Å². The van der Waals surface area contributed by atoms with Crippen LogP contribution < -0.4 is 5.56 Å². The molecule has 1 N–H and O–H groups in total. The zero-order valence-electron chi connectivity index (χ0n) is 12.5. The molecule has 0 saturated carbocycles. The van der Waals surface area contributed by atoms with Gasteiger partial charge in [-0.05, 0) is 19.7 Å². The number of carbonyl (C=O) groups excluding carboxylic acids is 1. The number of nitrogens with one attached hydrogen (secondary N) is 1. The molecule has 5 nitrogen and oxygen atoms in total. The Bertz CT molecular complexity index is 682. The number of rotatable bonds is 6. The highest BCUT2D eigenvalue weighted by molar-refractivity contribution is 7.08. The molecule has 0 unspecified atom stereocenters. The van der Waals surface area contributed by atoms with E-state index in [0.29, 0.717) is 13.1 Å². The number of hydrogen-bond acceptors (Lipinski definition) is 4. The van der Waals surface area contributed by atoms with Crippen molar-refractivity contribution in [2.45, 2.75) is 6.54 Å². The van der Waals surface area contributed by atoms with Gasteiger partial charge in [0.2, 0.25) is 0 Å². The third-order valence-electron chi connectivity index (χ3n) is 3.16. The largest absolute Gasteiger partial charge is 0.332 e. The first-order valence-corrected chi connectivity index (χ1v) is 8.03. The van der Waals surface area contributed by atoms with Crippen molar-refractivity contribution < 1.29 is 4.79 Å². The van der Waals surface area contributed by atoms with Gasteiger partial charge in [0.15, 0.2) is 0 Å². The van der Waals surface area contributed by atoms with Crippen LogP contribution >= 0.6 is 23.1 Å². The Hall–Kier alpha value is -1.63. The Morgan fingerprint density at radius 2 is 1.91 bits per heavy atom. The molecular weight excluding hydrogens is 322 g/mol. The highest BCUT2D eigenvalue weighted by Crippen LogP contribution is 2.18. The molecular formula is C15H18ClN3O2S. The number of H-pyrrole nitrogens is 1. The molecule has 2 rings (SSSR count). The summed E-state index contributed by atoms with van der Waals surface area (Å²) >= 11 is 6.91. The lowest BCUT2D eigenvalue weighted by molar-refractivity contribution is 0.0737. The SMILES string of the molecule is CN(C)CCN(Cc1ccccc1)C(=O)c1s[nH]c(=O)c1Cl. The number of likely N-dealkylation sites (N-methyl/N-ethyl adjacent to an activating group) is 1. The highest BCUT2D eigenvalue weighted by atomic mass is 35.5. The lowest BCUT2D eigenvalue weighted by atomic mass is 10.2. The average Bonchev–Trinajstić information content (AvgIpc) is 2.83. The molecule has 0 radical (unpaired) electrons. The maximum atomic E-state index is 12.7. The lowest BCUT2D eigenvalue weighted by Gasteiger charge is -2.24. The fraction of sp³-hybridized carbons (Fsp3) is 0.333. The van der Waals surface area contributed by atoms with E-state index >= 15 is 0 Å². The molecule has 1 heterocycles. The monoisotopic (exact) mass is 339 g/mol. The van der Waals surface area contributed by atoms with Crippen molar-refractivity contribution in [3.63, 3.8) is 0 Å². The van der Waals surface area contributed by atoms with Gasteiger partial charge in [-0.1, -0.05) is 53.5 Å². The Kier molecular flexibility index (Phi) is 5.76. The third kappa shape index (κ3) is 4.19. The number of amides is 1. The number of carbonyl (C=O) groups is 1. The van der Waals surface area contributed by atoms with E-state index in [1.807, 2.05) is 49.3 Å². The second-order valence-corrected chi connectivity index (χ2v) is 6.39. The van der Waals surface area contributed by atoms with Crippen LogP contribution in [0.1, 0.15) is 15.2 Å². The fourth-order valence-electron chi connectivity index (χ4n) is 1.95. The van der Waals surface area contributed by atoms with E-state index in [1.54, 1.807) is 4.90 Å². The van der Waals surface area contributed by atoms with E-state index in [2.05, 4.69) is 4.37 Å². The highest BCUT2D eigenvalue weighted by Gasteiger charge is 2.22. The second-order valence-electron chi connectivity index (χ2n) is 5.19. The number of aromatic nitrogens is 1. The van der Waals surface area contributed by atoms with Gasteiger partial charge in [0.25, 0.3) is 11.5 Å². The van der Waals surface area contributed by atoms with Crippen molar-refractivity contribution in [3.8, 4) is 0 Å². The first kappa shape index (κ1) is 16.7. The van der Waals surface area contributed by atoms with Gasteiger partial charge in [0.1, 0.15) is 9.90 Å². The van der Waals surface area contributed by atoms with Crippen molar-refractivity contribution >= 4 is 29.0 Å². The molecule has 2 aromatic rings. The number of hydrogen-bond donors (Lipinski definition) is 1. The van der Waals surface area contributed by atoms with Crippen molar-refractivity contribution in [1.29, 1.82) is 0 Å². The molecule has 7 heteroatoms. The maximum absolute atomic E-state index is 12.7. The molecule has 118 valence electrons. The fourth-order valence-corrected chi connectivity index (χ4v) is 2.94. The lowest BCUT2D eigenvalue weighted by Crippen LogP contribution is -2.36. The predicted octanol–water partition coefficient (Wildman–Crippen LogP) is 2.29. The van der Waals surface area contributed by atoms with Crippen LogP contribution in [0.3, 0.4) is 0 Å². The molecule has 0 aliphatic carbocycles. The Balaban J connectivity index is 2.21. The van der Waals surface area contributed by atoms with Crippen molar-refractivity contribution in [3.05, 3.63) is 56.1 Å². The predicted molar refractivity (Wildman–Crippen MR) is 89.7 cm³/mol. The molecule has 22 heavy (non-hydrogen) atoms. The molecule has 0 atom stereocenters. The summed E-state index contributed by atoms with van der Waals surface area (Å²) in [7, 11) is 3.90. The molecule has 0 bridgehead atoms. The van der Waals surface area contributed by atoms with Crippen LogP contribution in [0, 0.1) is 0 Å². The first-order valence-electron chi connectivity index (χ1n) is 6.84. The van der Waals surface area contributed by atoms with Crippen LogP contribution in [0.25, 0.3) is 0 Å². The van der Waals surface area contributed by atoms with Crippen molar-refractivity contribution in [1.82, 2.24) is 14.2 Å². The molecule has 1 amide bonds. The Labute approximate surface area is 138 Å². The summed E-state index contributed by atoms with van der Waals surface area (Å²) in [4.78, 5) is 28.1. The Morgan fingerprint density at radius 3 is 2.45 bits per heavy atom. The first-order chi connectivity index (χ1) is 10.5. The number of benzene rings is 1. The molecule has 0 aliphatic heterocycles. The van der Waals surface area contributed by atoms with Crippen molar-refractivity contribution in [2.24, 2.45) is 0 Å². The molecule has 0 spiro atoms. The van der Waals surface area contributed by atoms with Gasteiger partial charge in [-0.2, -0.15) is 0 Å². The van der Waals surface area contributed by atoms with Gasteiger partial charge in [0, 0.05) is 19.6 Å². The van der Waals surface area contributed by atoms with Crippen molar-refractivity contribution in [2.75, 3.05) is 27.2 Å². The minimum absolute atomic E-state index is 0.0297. The van der Waals surface area contributed by atoms with Gasteiger partial charge in [0.05, 0.1) is 0 Å². The van der Waals surface area contributed by atoms with Crippen LogP contribution in [0.4, 0.5) is 0 Å². The number of halogens is 1. The number of nitrogens with zero attached hydrogens (tertiary/aromatic N) is 2.